The molecule has 6 rings (SSSR count). The van der Waals surface area contributed by atoms with Crippen LogP contribution >= 0.6 is 0 Å². The molecule has 5 fully saturated rings. The van der Waals surface area contributed by atoms with Gasteiger partial charge in [-0.1, -0.05) is 31.5 Å². The molecule has 8 atom stereocenters. The van der Waals surface area contributed by atoms with Crippen molar-refractivity contribution in [3.63, 3.8) is 0 Å². The summed E-state index contributed by atoms with van der Waals surface area (Å²) in [6, 6.07) is 8.81. The van der Waals surface area contributed by atoms with Gasteiger partial charge in [-0.05, 0) is 37.8 Å². The van der Waals surface area contributed by atoms with E-state index in [1.807, 2.05) is 13.0 Å². The van der Waals surface area contributed by atoms with Crippen LogP contribution in [0.25, 0.3) is 0 Å². The highest BCUT2D eigenvalue weighted by Crippen LogP contribution is 2.73. The summed E-state index contributed by atoms with van der Waals surface area (Å²) >= 11 is 0. The second-order valence-electron chi connectivity index (χ2n) is 13.0. The molecule has 3 saturated heterocycles. The minimum atomic E-state index is -0.961. The van der Waals surface area contributed by atoms with Crippen molar-refractivity contribution in [3.05, 3.63) is 35.9 Å². The lowest BCUT2D eigenvalue weighted by atomic mass is 9.37. The van der Waals surface area contributed by atoms with Crippen molar-refractivity contribution in [2.45, 2.75) is 95.2 Å². The Balaban J connectivity index is 1.47. The normalized spacial score (nSPS) is 42.5. The van der Waals surface area contributed by atoms with E-state index in [0.717, 1.165) is 12.8 Å². The predicted octanol–water partition coefficient (Wildman–Crippen LogP) is 3.54. The van der Waals surface area contributed by atoms with Gasteiger partial charge in [-0.15, -0.1) is 0 Å². The summed E-state index contributed by atoms with van der Waals surface area (Å²) in [6.45, 7) is 7.23. The Morgan fingerprint density at radius 3 is 2.34 bits per heavy atom. The maximum Gasteiger partial charge on any atom is 0.338 e. The number of hydrogen-bond acceptors (Lipinski definition) is 10. The summed E-state index contributed by atoms with van der Waals surface area (Å²) in [6.07, 6.45) is 1.55. The van der Waals surface area contributed by atoms with Gasteiger partial charge in [0.05, 0.1) is 29.6 Å². The molecule has 2 unspecified atom stereocenters. The Labute approximate surface area is 239 Å². The van der Waals surface area contributed by atoms with Gasteiger partial charge in [0.15, 0.2) is 0 Å². The van der Waals surface area contributed by atoms with E-state index in [2.05, 4.69) is 6.92 Å². The summed E-state index contributed by atoms with van der Waals surface area (Å²) in [5, 5.41) is 0. The van der Waals surface area contributed by atoms with E-state index in [1.54, 1.807) is 24.3 Å². The standard InChI is InChI=1S/C31H38O10/c1-19(32)36-17-30-12-8-11-22-28(4)23(39-20(2)33)14-29(15-25(34)37-16-29)41-27(28,3)13-24(31(22,30)18-38-30)40-26(35)21-9-6-5-7-10-21/h5-7,9-10,22-24H,8,11-18H2,1-4H3/t22-,23?,24?,27+,28+,29+,30-,31+/m0/s1. The van der Waals surface area contributed by atoms with E-state index >= 15 is 0 Å². The Bertz CT molecular complexity index is 1260. The number of esters is 4. The number of rotatable bonds is 5. The average molecular weight is 571 g/mol. The number of cyclic esters (lactones) is 1. The second kappa shape index (κ2) is 9.52. The fourth-order valence-corrected chi connectivity index (χ4v) is 8.89. The average Bonchev–Trinajstić information content (AvgIpc) is 3.25. The van der Waals surface area contributed by atoms with Gasteiger partial charge in [0.2, 0.25) is 0 Å². The summed E-state index contributed by atoms with van der Waals surface area (Å²) in [4.78, 5) is 50.4. The summed E-state index contributed by atoms with van der Waals surface area (Å²) in [5.74, 6) is -1.83. The Hall–Kier alpha value is -2.98. The minimum absolute atomic E-state index is 0.0381. The molecule has 10 heteroatoms. The first kappa shape index (κ1) is 28.2. The van der Waals surface area contributed by atoms with Gasteiger partial charge in [-0.2, -0.15) is 0 Å². The van der Waals surface area contributed by atoms with Crippen LogP contribution in [-0.4, -0.2) is 72.7 Å². The minimum Gasteiger partial charge on any atom is -0.463 e. The molecule has 0 N–H and O–H groups in total. The van der Waals surface area contributed by atoms with Crippen LogP contribution in [0.2, 0.25) is 0 Å². The summed E-state index contributed by atoms with van der Waals surface area (Å²) in [7, 11) is 0. The molecular weight excluding hydrogens is 532 g/mol. The first-order chi connectivity index (χ1) is 19.4. The first-order valence-electron chi connectivity index (χ1n) is 14.5. The van der Waals surface area contributed by atoms with Crippen LogP contribution < -0.4 is 0 Å². The molecule has 222 valence electrons. The lowest BCUT2D eigenvalue weighted by molar-refractivity contribution is -0.416. The monoisotopic (exact) mass is 570 g/mol. The van der Waals surface area contributed by atoms with Crippen molar-refractivity contribution in [2.24, 2.45) is 16.7 Å². The molecule has 1 aromatic rings. The molecule has 2 aliphatic carbocycles. The number of ether oxygens (including phenoxy) is 6. The maximum absolute atomic E-state index is 13.6. The molecule has 10 nitrogen and oxygen atoms in total. The van der Waals surface area contributed by atoms with E-state index in [9.17, 15) is 19.2 Å². The topological polar surface area (TPSA) is 124 Å². The number of carbonyl (C=O) groups excluding carboxylic acids is 4. The molecule has 0 aromatic heterocycles. The van der Waals surface area contributed by atoms with Crippen LogP contribution in [0.3, 0.4) is 0 Å². The fourth-order valence-electron chi connectivity index (χ4n) is 8.89. The van der Waals surface area contributed by atoms with Crippen molar-refractivity contribution >= 4 is 23.9 Å². The highest BCUT2D eigenvalue weighted by molar-refractivity contribution is 5.89. The molecule has 2 saturated carbocycles. The molecule has 3 heterocycles. The van der Waals surface area contributed by atoms with E-state index in [1.165, 1.54) is 13.8 Å². The van der Waals surface area contributed by atoms with Crippen LogP contribution in [0.5, 0.6) is 0 Å². The van der Waals surface area contributed by atoms with Crippen molar-refractivity contribution < 1.29 is 47.6 Å². The van der Waals surface area contributed by atoms with Gasteiger partial charge < -0.3 is 28.4 Å². The Kier molecular flexibility index (Phi) is 6.54. The third kappa shape index (κ3) is 4.04. The molecule has 0 amide bonds. The zero-order chi connectivity index (χ0) is 29.3. The number of fused-ring (bicyclic) bond motifs is 2. The Morgan fingerprint density at radius 1 is 0.976 bits per heavy atom. The third-order valence-electron chi connectivity index (χ3n) is 10.8. The van der Waals surface area contributed by atoms with Gasteiger partial charge in [0.1, 0.15) is 36.6 Å². The summed E-state index contributed by atoms with van der Waals surface area (Å²) < 4.78 is 36.8. The maximum atomic E-state index is 13.6. The SMILES string of the molecule is CC(=O)OC[C@@]12CCC[C@H]3[C@]4(C)C(OC(C)=O)C[C@@]5(COC(=O)C5)O[C@]4(C)CC(OC(=O)c4ccccc4)[C@@]31CO2. The van der Waals surface area contributed by atoms with Crippen LogP contribution in [0.15, 0.2) is 30.3 Å². The molecule has 0 bridgehead atoms. The van der Waals surface area contributed by atoms with Gasteiger partial charge in [0, 0.05) is 32.1 Å². The van der Waals surface area contributed by atoms with Crippen molar-refractivity contribution in [1.82, 2.24) is 0 Å². The lowest BCUT2D eigenvalue weighted by Gasteiger charge is -2.76. The van der Waals surface area contributed by atoms with E-state index in [-0.39, 0.29) is 37.9 Å². The quantitative estimate of drug-likeness (QED) is 0.384. The smallest absolute Gasteiger partial charge is 0.338 e. The van der Waals surface area contributed by atoms with Crippen LogP contribution in [0.1, 0.15) is 76.6 Å². The summed E-state index contributed by atoms with van der Waals surface area (Å²) in [5.41, 5.74) is -3.81. The van der Waals surface area contributed by atoms with E-state index in [0.29, 0.717) is 25.0 Å². The molecule has 1 aromatic carbocycles. The molecule has 3 aliphatic heterocycles. The van der Waals surface area contributed by atoms with Gasteiger partial charge in [-0.3, -0.25) is 14.4 Å². The third-order valence-corrected chi connectivity index (χ3v) is 10.8. The lowest BCUT2D eigenvalue weighted by Crippen LogP contribution is -2.84. The largest absolute Gasteiger partial charge is 0.463 e. The van der Waals surface area contributed by atoms with Crippen molar-refractivity contribution in [3.8, 4) is 0 Å². The number of hydrogen-bond donors (Lipinski definition) is 0. The molecule has 41 heavy (non-hydrogen) atoms. The van der Waals surface area contributed by atoms with Gasteiger partial charge in [-0.25, -0.2) is 4.79 Å². The molecule has 0 radical (unpaired) electrons. The zero-order valence-corrected chi connectivity index (χ0v) is 24.1. The van der Waals surface area contributed by atoms with Crippen LogP contribution in [0.4, 0.5) is 0 Å². The number of carbonyl (C=O) groups is 4. The first-order valence-corrected chi connectivity index (χ1v) is 14.5. The van der Waals surface area contributed by atoms with Gasteiger partial charge >= 0.3 is 23.9 Å². The highest BCUT2D eigenvalue weighted by Gasteiger charge is 2.81. The highest BCUT2D eigenvalue weighted by atomic mass is 16.6. The Morgan fingerprint density at radius 2 is 1.73 bits per heavy atom. The van der Waals surface area contributed by atoms with Crippen LogP contribution in [0, 0.1) is 16.7 Å². The predicted molar refractivity (Wildman–Crippen MR) is 141 cm³/mol. The molecule has 2 spiro atoms. The van der Waals surface area contributed by atoms with Gasteiger partial charge in [0.25, 0.3) is 0 Å². The van der Waals surface area contributed by atoms with Crippen LogP contribution in [-0.2, 0) is 42.8 Å². The molecule has 5 aliphatic rings. The van der Waals surface area contributed by atoms with E-state index in [4.69, 9.17) is 28.4 Å². The van der Waals surface area contributed by atoms with Crippen molar-refractivity contribution in [2.75, 3.05) is 19.8 Å². The zero-order valence-electron chi connectivity index (χ0n) is 24.1. The number of benzene rings is 1. The second-order valence-corrected chi connectivity index (χ2v) is 13.0. The van der Waals surface area contributed by atoms with Crippen molar-refractivity contribution in [1.29, 1.82) is 0 Å². The fraction of sp³-hybridized carbons (Fsp3) is 0.677. The van der Waals surface area contributed by atoms with E-state index < -0.39 is 57.7 Å². The molecular formula is C31H38O10.